The molecule has 0 radical (unpaired) electrons. The first-order chi connectivity index (χ1) is 11.2. The molecule has 4 nitrogen and oxygen atoms in total. The largest absolute Gasteiger partial charge is 0.360 e. The van der Waals surface area contributed by atoms with Crippen molar-refractivity contribution in [1.29, 1.82) is 0 Å². The van der Waals surface area contributed by atoms with Gasteiger partial charge in [0.05, 0.1) is 16.8 Å². The summed E-state index contributed by atoms with van der Waals surface area (Å²) in [6.07, 6.45) is 4.83. The summed E-state index contributed by atoms with van der Waals surface area (Å²) >= 11 is 6.07. The van der Waals surface area contributed by atoms with Gasteiger partial charge in [0, 0.05) is 17.1 Å². The van der Waals surface area contributed by atoms with E-state index in [-0.39, 0.29) is 5.91 Å². The van der Waals surface area contributed by atoms with Crippen LogP contribution in [0.1, 0.15) is 15.9 Å². The Morgan fingerprint density at radius 2 is 1.83 bits per heavy atom. The average Bonchev–Trinajstić information content (AvgIpc) is 3.00. The summed E-state index contributed by atoms with van der Waals surface area (Å²) in [5.74, 6) is -0.289. The molecular formula is C18H14ClN3O. The van der Waals surface area contributed by atoms with E-state index in [4.69, 9.17) is 11.6 Å². The molecular weight excluding hydrogens is 310 g/mol. The van der Waals surface area contributed by atoms with E-state index >= 15 is 0 Å². The van der Waals surface area contributed by atoms with Gasteiger partial charge in [0.15, 0.2) is 0 Å². The van der Waals surface area contributed by atoms with Crippen LogP contribution in [-0.2, 0) is 0 Å². The van der Waals surface area contributed by atoms with Crippen molar-refractivity contribution in [2.75, 3.05) is 0 Å². The van der Waals surface area contributed by atoms with Crippen molar-refractivity contribution in [3.8, 4) is 0 Å². The molecule has 0 spiro atoms. The Labute approximate surface area is 138 Å². The van der Waals surface area contributed by atoms with Gasteiger partial charge in [-0.05, 0) is 17.7 Å². The van der Waals surface area contributed by atoms with E-state index in [2.05, 4.69) is 15.5 Å². The van der Waals surface area contributed by atoms with Crippen molar-refractivity contribution in [3.05, 3.63) is 77.0 Å². The Balaban J connectivity index is 1.68. The lowest BCUT2D eigenvalue weighted by molar-refractivity contribution is 0.0957. The number of para-hydroxylation sites is 1. The first kappa shape index (κ1) is 15.1. The van der Waals surface area contributed by atoms with Crippen LogP contribution in [0.3, 0.4) is 0 Å². The van der Waals surface area contributed by atoms with Crippen molar-refractivity contribution in [2.45, 2.75) is 0 Å². The van der Waals surface area contributed by atoms with Crippen molar-refractivity contribution in [2.24, 2.45) is 5.10 Å². The molecule has 2 aromatic carbocycles. The molecule has 0 fully saturated rings. The number of halogens is 1. The number of allylic oxidation sites excluding steroid dienone is 1. The topological polar surface area (TPSA) is 57.2 Å². The first-order valence-electron chi connectivity index (χ1n) is 7.06. The number of hydrazone groups is 1. The maximum absolute atomic E-state index is 12.2. The summed E-state index contributed by atoms with van der Waals surface area (Å²) in [7, 11) is 0. The molecule has 114 valence electrons. The predicted molar refractivity (Wildman–Crippen MR) is 94.5 cm³/mol. The second-order valence-electron chi connectivity index (χ2n) is 4.89. The van der Waals surface area contributed by atoms with Gasteiger partial charge in [0.1, 0.15) is 0 Å². The number of amides is 1. The fourth-order valence-electron chi connectivity index (χ4n) is 2.22. The molecule has 0 saturated heterocycles. The maximum atomic E-state index is 12.2. The molecule has 0 atom stereocenters. The summed E-state index contributed by atoms with van der Waals surface area (Å²) in [5.41, 5.74) is 4.89. The van der Waals surface area contributed by atoms with Gasteiger partial charge in [-0.1, -0.05) is 60.1 Å². The van der Waals surface area contributed by atoms with Gasteiger partial charge in [-0.15, -0.1) is 0 Å². The predicted octanol–water partition coefficient (Wildman–Crippen LogP) is 4.16. The molecule has 3 rings (SSSR count). The Hall–Kier alpha value is -2.85. The number of rotatable bonds is 4. The van der Waals surface area contributed by atoms with E-state index < -0.39 is 0 Å². The van der Waals surface area contributed by atoms with Crippen LogP contribution >= 0.6 is 11.6 Å². The Morgan fingerprint density at radius 3 is 2.65 bits per heavy atom. The molecule has 2 N–H and O–H groups in total. The van der Waals surface area contributed by atoms with Gasteiger partial charge in [-0.2, -0.15) is 5.10 Å². The van der Waals surface area contributed by atoms with E-state index in [0.717, 1.165) is 16.5 Å². The van der Waals surface area contributed by atoms with E-state index in [0.29, 0.717) is 10.6 Å². The van der Waals surface area contributed by atoms with Crippen LogP contribution < -0.4 is 5.43 Å². The number of nitrogens with one attached hydrogen (secondary N) is 2. The van der Waals surface area contributed by atoms with E-state index in [1.807, 2.05) is 54.6 Å². The fraction of sp³-hybridized carbons (Fsp3) is 0. The Kier molecular flexibility index (Phi) is 4.54. The smallest absolute Gasteiger partial charge is 0.273 e. The molecule has 0 unspecified atom stereocenters. The van der Waals surface area contributed by atoms with Crippen molar-refractivity contribution < 1.29 is 4.79 Å². The van der Waals surface area contributed by atoms with Crippen molar-refractivity contribution >= 4 is 40.7 Å². The number of fused-ring (bicyclic) bond motifs is 1. The molecule has 0 saturated carbocycles. The van der Waals surface area contributed by atoms with Gasteiger partial charge >= 0.3 is 0 Å². The lowest BCUT2D eigenvalue weighted by Crippen LogP contribution is -2.17. The normalized spacial score (nSPS) is 12.0. The van der Waals surface area contributed by atoms with Crippen molar-refractivity contribution in [1.82, 2.24) is 10.4 Å². The molecule has 3 aromatic rings. The zero-order valence-corrected chi connectivity index (χ0v) is 12.9. The molecule has 1 amide bonds. The molecule has 0 aliphatic carbocycles. The van der Waals surface area contributed by atoms with Crippen LogP contribution in [-0.4, -0.2) is 17.1 Å². The highest BCUT2D eigenvalue weighted by atomic mass is 35.5. The second-order valence-corrected chi connectivity index (χ2v) is 5.32. The summed E-state index contributed by atoms with van der Waals surface area (Å²) < 4.78 is 0. The summed E-state index contributed by atoms with van der Waals surface area (Å²) in [6.45, 7) is 0. The molecule has 1 aromatic heterocycles. The quantitative estimate of drug-likeness (QED) is 0.549. The number of aromatic nitrogens is 1. The Bertz CT molecular complexity index is 881. The number of benzene rings is 2. The van der Waals surface area contributed by atoms with Gasteiger partial charge in [0.25, 0.3) is 5.91 Å². The van der Waals surface area contributed by atoms with Crippen LogP contribution in [0.4, 0.5) is 0 Å². The molecule has 5 heteroatoms. The van der Waals surface area contributed by atoms with Gasteiger partial charge in [0.2, 0.25) is 0 Å². The standard InChI is InChI=1S/C18H14ClN3O/c19-14(10-13-6-2-1-3-7-13)11-21-22-18(23)16-12-20-17-9-5-4-8-15(16)17/h1-12,20H,(H,22,23)/b14-10-,21-11+. The zero-order valence-electron chi connectivity index (χ0n) is 12.2. The molecule has 0 aliphatic heterocycles. The SMILES string of the molecule is O=C(N/N=C/C(Cl)=C/c1ccccc1)c1c[nH]c2ccccc12. The highest BCUT2D eigenvalue weighted by Gasteiger charge is 2.10. The monoisotopic (exact) mass is 323 g/mol. The van der Waals surface area contributed by atoms with Crippen LogP contribution in [0.25, 0.3) is 17.0 Å². The number of carbonyl (C=O) groups excluding carboxylic acids is 1. The number of hydrogen-bond acceptors (Lipinski definition) is 2. The molecule has 1 heterocycles. The molecule has 23 heavy (non-hydrogen) atoms. The van der Waals surface area contributed by atoms with Gasteiger partial charge < -0.3 is 4.98 Å². The van der Waals surface area contributed by atoms with Crippen LogP contribution in [0, 0.1) is 0 Å². The minimum atomic E-state index is -0.289. The highest BCUT2D eigenvalue weighted by molar-refractivity contribution is 6.41. The van der Waals surface area contributed by atoms with Gasteiger partial charge in [-0.3, -0.25) is 4.79 Å². The average molecular weight is 324 g/mol. The van der Waals surface area contributed by atoms with Crippen molar-refractivity contribution in [3.63, 3.8) is 0 Å². The first-order valence-corrected chi connectivity index (χ1v) is 7.43. The number of carbonyl (C=O) groups is 1. The number of hydrogen-bond donors (Lipinski definition) is 2. The summed E-state index contributed by atoms with van der Waals surface area (Å²) in [4.78, 5) is 15.2. The maximum Gasteiger partial charge on any atom is 0.273 e. The lowest BCUT2D eigenvalue weighted by Gasteiger charge is -1.98. The summed E-state index contributed by atoms with van der Waals surface area (Å²) in [5, 5.41) is 5.17. The third kappa shape index (κ3) is 3.67. The minimum Gasteiger partial charge on any atom is -0.360 e. The number of H-pyrrole nitrogens is 1. The van der Waals surface area contributed by atoms with Gasteiger partial charge in [-0.25, -0.2) is 5.43 Å². The van der Waals surface area contributed by atoms with E-state index in [1.165, 1.54) is 6.21 Å². The highest BCUT2D eigenvalue weighted by Crippen LogP contribution is 2.17. The Morgan fingerprint density at radius 1 is 1.09 bits per heavy atom. The summed E-state index contributed by atoms with van der Waals surface area (Å²) in [6, 6.07) is 17.2. The molecule has 0 bridgehead atoms. The number of nitrogens with zero attached hydrogens (tertiary/aromatic N) is 1. The molecule has 0 aliphatic rings. The van der Waals surface area contributed by atoms with Crippen LogP contribution in [0.15, 0.2) is 70.9 Å². The number of aromatic amines is 1. The lowest BCUT2D eigenvalue weighted by atomic mass is 10.2. The second kappa shape index (κ2) is 6.94. The zero-order chi connectivity index (χ0) is 16.1. The minimum absolute atomic E-state index is 0.289. The van der Waals surface area contributed by atoms with E-state index in [1.54, 1.807) is 12.3 Å². The third-order valence-electron chi connectivity index (χ3n) is 3.29. The van der Waals surface area contributed by atoms with Crippen LogP contribution in [0.2, 0.25) is 0 Å². The third-order valence-corrected chi connectivity index (χ3v) is 3.50. The fourth-order valence-corrected chi connectivity index (χ4v) is 2.39. The van der Waals surface area contributed by atoms with E-state index in [9.17, 15) is 4.79 Å². The van der Waals surface area contributed by atoms with Crippen LogP contribution in [0.5, 0.6) is 0 Å².